The van der Waals surface area contributed by atoms with Gasteiger partial charge in [0.1, 0.15) is 34.9 Å². The largest absolute Gasteiger partial charge is 0.380 e. The van der Waals surface area contributed by atoms with Gasteiger partial charge < -0.3 is 20.7 Å². The van der Waals surface area contributed by atoms with Crippen LogP contribution in [0.5, 0.6) is 0 Å². The van der Waals surface area contributed by atoms with Crippen LogP contribution in [-0.2, 0) is 45.3 Å². The number of thiophene rings is 1. The van der Waals surface area contributed by atoms with Crippen molar-refractivity contribution in [3.63, 3.8) is 0 Å². The van der Waals surface area contributed by atoms with E-state index < -0.39 is 17.7 Å². The molecule has 13 nitrogen and oxygen atoms in total. The van der Waals surface area contributed by atoms with Crippen LogP contribution in [0.4, 0.5) is 5.69 Å². The maximum absolute atomic E-state index is 13.7. The van der Waals surface area contributed by atoms with E-state index in [1.54, 1.807) is 54.7 Å². The van der Waals surface area contributed by atoms with Crippen LogP contribution in [0.2, 0.25) is 5.02 Å². The van der Waals surface area contributed by atoms with E-state index in [0.29, 0.717) is 64.9 Å². The number of Topliss-reactive ketones (excluding diaryl/α,β-unsaturated/α-hetero) is 2. The van der Waals surface area contributed by atoms with Gasteiger partial charge in [-0.2, -0.15) is 0 Å². The van der Waals surface area contributed by atoms with Gasteiger partial charge in [0.15, 0.2) is 0 Å². The number of alkyl halides is 1. The van der Waals surface area contributed by atoms with Crippen LogP contribution in [0.25, 0.3) is 0 Å². The molecule has 3 N–H and O–H groups in total. The van der Waals surface area contributed by atoms with E-state index in [0.717, 1.165) is 5.56 Å². The molecule has 0 radical (unpaired) electrons. The maximum atomic E-state index is 13.7. The molecular formula is C41H38Cl3N7O6S. The van der Waals surface area contributed by atoms with Crippen molar-refractivity contribution in [2.75, 3.05) is 30.4 Å². The fourth-order valence-corrected chi connectivity index (χ4v) is 7.61. The van der Waals surface area contributed by atoms with Gasteiger partial charge in [0.25, 0.3) is 0 Å². The molecule has 1 aliphatic carbocycles. The van der Waals surface area contributed by atoms with Crippen molar-refractivity contribution >= 4 is 81.1 Å². The highest BCUT2D eigenvalue weighted by molar-refractivity contribution is 7.10. The summed E-state index contributed by atoms with van der Waals surface area (Å²) >= 11 is 20.3. The number of halogens is 3. The zero-order valence-electron chi connectivity index (χ0n) is 31.0. The predicted molar refractivity (Wildman–Crippen MR) is 222 cm³/mol. The fraction of sp³-hybridized carbons (Fsp3) is 0.244. The van der Waals surface area contributed by atoms with E-state index in [2.05, 4.69) is 26.3 Å². The highest BCUT2D eigenvalue weighted by Crippen LogP contribution is 2.34. The van der Waals surface area contributed by atoms with Gasteiger partial charge in [-0.15, -0.1) is 28.0 Å². The lowest BCUT2D eigenvalue weighted by Gasteiger charge is -2.30. The molecule has 2 heterocycles. The normalized spacial score (nSPS) is 12.9. The number of anilines is 1. The molecule has 6 rings (SSSR count). The Kier molecular flexibility index (Phi) is 14.8. The van der Waals surface area contributed by atoms with Gasteiger partial charge in [0.2, 0.25) is 29.3 Å². The lowest BCUT2D eigenvalue weighted by molar-refractivity contribution is -0.125. The van der Waals surface area contributed by atoms with Gasteiger partial charge in [-0.1, -0.05) is 95.1 Å². The maximum Gasteiger partial charge on any atom is 0.248 e. The van der Waals surface area contributed by atoms with Crippen LogP contribution in [0.3, 0.4) is 0 Å². The van der Waals surface area contributed by atoms with Crippen LogP contribution in [0.15, 0.2) is 107 Å². The Labute approximate surface area is 353 Å². The minimum atomic E-state index is -0.968. The molecule has 0 saturated heterocycles. The van der Waals surface area contributed by atoms with Gasteiger partial charge in [0, 0.05) is 46.3 Å². The quantitative estimate of drug-likeness (QED) is 0.0667. The second kappa shape index (κ2) is 20.4. The number of rotatable bonds is 19. The zero-order valence-corrected chi connectivity index (χ0v) is 34.0. The molecule has 58 heavy (non-hydrogen) atoms. The van der Waals surface area contributed by atoms with Gasteiger partial charge in [-0.05, 0) is 47.5 Å². The molecule has 0 saturated carbocycles. The number of carbonyl (C=O) groups is 5. The van der Waals surface area contributed by atoms with Crippen molar-refractivity contribution in [2.24, 2.45) is 0 Å². The third kappa shape index (κ3) is 10.6. The van der Waals surface area contributed by atoms with Crippen LogP contribution in [-0.4, -0.2) is 69.8 Å². The molecule has 0 bridgehead atoms. The lowest BCUT2D eigenvalue weighted by atomic mass is 9.92. The Bertz CT molecular complexity index is 2300. The summed E-state index contributed by atoms with van der Waals surface area (Å²) in [6.45, 7) is 1.09. The number of benzene rings is 3. The first-order valence-corrected chi connectivity index (χ1v) is 20.4. The molecule has 0 aliphatic heterocycles. The average molecular weight is 863 g/mol. The number of nitrogens with zero attached hydrogens (tertiary/aromatic N) is 4. The summed E-state index contributed by atoms with van der Waals surface area (Å²) in [4.78, 5) is 66.9. The van der Waals surface area contributed by atoms with Crippen LogP contribution < -0.4 is 20.9 Å². The SMILES string of the molecule is O=C(Cn1cc(COCc2ccc(N(C(=O)CCl)C(C(=O)NCCc3ccccc3)c3cccs3)cc2Cl)nn1)NCCCNC1=C(Cl)C(=O)c2ccccc2C1=O. The van der Waals surface area contributed by atoms with Crippen molar-refractivity contribution in [3.05, 3.63) is 145 Å². The van der Waals surface area contributed by atoms with Crippen molar-refractivity contribution in [1.29, 1.82) is 0 Å². The van der Waals surface area contributed by atoms with E-state index in [-0.39, 0.29) is 59.5 Å². The summed E-state index contributed by atoms with van der Waals surface area (Å²) in [6.07, 6.45) is 2.68. The highest BCUT2D eigenvalue weighted by atomic mass is 35.5. The molecule has 2 aromatic heterocycles. The predicted octanol–water partition coefficient (Wildman–Crippen LogP) is 6.01. The van der Waals surface area contributed by atoms with E-state index in [4.69, 9.17) is 39.5 Å². The Hall–Kier alpha value is -5.38. The van der Waals surface area contributed by atoms with Gasteiger partial charge in [0.05, 0.1) is 19.4 Å². The lowest BCUT2D eigenvalue weighted by Crippen LogP contribution is -2.44. The third-order valence-electron chi connectivity index (χ3n) is 9.01. The second-order valence-electron chi connectivity index (χ2n) is 13.0. The molecule has 0 spiro atoms. The molecule has 3 amide bonds. The number of amides is 3. The average Bonchev–Trinajstić information content (AvgIpc) is 3.93. The number of nitrogens with one attached hydrogen (secondary N) is 3. The van der Waals surface area contributed by atoms with Crippen molar-refractivity contribution in [2.45, 2.75) is 38.6 Å². The first kappa shape index (κ1) is 42.2. The minimum Gasteiger partial charge on any atom is -0.380 e. The molecule has 300 valence electrons. The first-order chi connectivity index (χ1) is 28.1. The molecule has 0 fully saturated rings. The third-order valence-corrected chi connectivity index (χ3v) is 10.9. The summed E-state index contributed by atoms with van der Waals surface area (Å²) in [5.74, 6) is -2.22. The molecule has 1 unspecified atom stereocenters. The summed E-state index contributed by atoms with van der Waals surface area (Å²) in [7, 11) is 0. The van der Waals surface area contributed by atoms with Crippen molar-refractivity contribution in [3.8, 4) is 0 Å². The topological polar surface area (TPSA) is 165 Å². The molecule has 17 heteroatoms. The Morgan fingerprint density at radius 3 is 2.34 bits per heavy atom. The van der Waals surface area contributed by atoms with E-state index >= 15 is 0 Å². The molecule has 1 atom stereocenters. The van der Waals surface area contributed by atoms with Crippen molar-refractivity contribution < 1.29 is 28.7 Å². The second-order valence-corrected chi connectivity index (χ2v) is 15.1. The Balaban J connectivity index is 0.971. The molecule has 1 aliphatic rings. The Morgan fingerprint density at radius 1 is 0.862 bits per heavy atom. The summed E-state index contributed by atoms with van der Waals surface area (Å²) in [6, 6.07) is 24.0. The number of ether oxygens (including phenoxy) is 1. The zero-order chi connectivity index (χ0) is 41.0. The van der Waals surface area contributed by atoms with E-state index in [1.807, 2.05) is 41.8 Å². The monoisotopic (exact) mass is 861 g/mol. The number of hydrogen-bond donors (Lipinski definition) is 3. The highest BCUT2D eigenvalue weighted by Gasteiger charge is 2.34. The summed E-state index contributed by atoms with van der Waals surface area (Å²) in [5.41, 5.74) is 3.21. The van der Waals surface area contributed by atoms with Crippen molar-refractivity contribution in [1.82, 2.24) is 30.9 Å². The van der Waals surface area contributed by atoms with Gasteiger partial charge in [-0.3, -0.25) is 28.9 Å². The van der Waals surface area contributed by atoms with Gasteiger partial charge >= 0.3 is 0 Å². The number of hydrogen-bond acceptors (Lipinski definition) is 10. The van der Waals surface area contributed by atoms with Gasteiger partial charge in [-0.25, -0.2) is 4.68 Å². The minimum absolute atomic E-state index is 0.0494. The number of fused-ring (bicyclic) bond motifs is 1. The molecule has 5 aromatic rings. The Morgan fingerprint density at radius 2 is 1.62 bits per heavy atom. The summed E-state index contributed by atoms with van der Waals surface area (Å²) < 4.78 is 7.23. The van der Waals surface area contributed by atoms with Crippen LogP contribution in [0, 0.1) is 0 Å². The van der Waals surface area contributed by atoms with E-state index in [1.165, 1.54) is 20.9 Å². The fourth-order valence-electron chi connectivity index (χ4n) is 6.18. The van der Waals surface area contributed by atoms with E-state index in [9.17, 15) is 24.0 Å². The standard InChI is InChI=1S/C41H38Cl3N7O6S/c42-21-35(53)51(38(33-12-6-19-58-33)41(56)47-18-15-26-8-2-1-3-9-26)29-14-13-27(32(43)20-29)24-57-25-28-22-50(49-48-28)23-34(52)45-16-7-17-46-37-36(44)39(54)30-10-4-5-11-31(30)40(37)55/h1-6,8-14,19-20,22,38,46H,7,15-18,21,23-25H2,(H,45,52)(H,47,56). The molecule has 3 aromatic carbocycles. The van der Waals surface area contributed by atoms with Crippen LogP contribution >= 0.6 is 46.1 Å². The number of aromatic nitrogens is 3. The first-order valence-electron chi connectivity index (χ1n) is 18.2. The smallest absolute Gasteiger partial charge is 0.248 e. The number of carbonyl (C=O) groups excluding carboxylic acids is 5. The molecular weight excluding hydrogens is 825 g/mol. The number of ketones is 2. The summed E-state index contributed by atoms with van der Waals surface area (Å²) in [5, 5.41) is 18.8. The van der Waals surface area contributed by atoms with Crippen LogP contribution in [0.1, 0.15) is 54.9 Å². The number of allylic oxidation sites excluding steroid dienone is 2.